The summed E-state index contributed by atoms with van der Waals surface area (Å²) in [6.45, 7) is 4.80. The predicted molar refractivity (Wildman–Crippen MR) is 57.8 cm³/mol. The van der Waals surface area contributed by atoms with E-state index >= 15 is 0 Å². The van der Waals surface area contributed by atoms with Crippen LogP contribution in [0.25, 0.3) is 0 Å². The van der Waals surface area contributed by atoms with Gasteiger partial charge in [-0.1, -0.05) is 6.92 Å². The summed E-state index contributed by atoms with van der Waals surface area (Å²) in [6, 6.07) is 4.12. The minimum Gasteiger partial charge on any atom is -0.456 e. The Morgan fingerprint density at radius 2 is 2.20 bits per heavy atom. The molecule has 0 N–H and O–H groups in total. The largest absolute Gasteiger partial charge is 0.456 e. The van der Waals surface area contributed by atoms with Gasteiger partial charge in [-0.2, -0.15) is 0 Å². The van der Waals surface area contributed by atoms with E-state index in [1.54, 1.807) is 6.07 Å². The zero-order valence-corrected chi connectivity index (χ0v) is 9.32. The molecule has 1 heterocycles. The number of rotatable bonds is 4. The highest BCUT2D eigenvalue weighted by Gasteiger charge is 2.32. The van der Waals surface area contributed by atoms with Gasteiger partial charge in [0.15, 0.2) is 5.76 Å². The molecule has 0 aromatic carbocycles. The molecule has 0 atom stereocenters. The maximum absolute atomic E-state index is 12.0. The third-order valence-corrected chi connectivity index (χ3v) is 2.81. The number of carbonyl (C=O) groups excluding carboxylic acids is 1. The van der Waals surface area contributed by atoms with Gasteiger partial charge < -0.3 is 9.32 Å². The number of hydrogen-bond donors (Lipinski definition) is 0. The lowest BCUT2D eigenvalue weighted by molar-refractivity contribution is 0.0718. The van der Waals surface area contributed by atoms with Gasteiger partial charge in [-0.15, -0.1) is 0 Å². The van der Waals surface area contributed by atoms with E-state index in [9.17, 15) is 4.79 Å². The molecule has 3 nitrogen and oxygen atoms in total. The molecule has 0 aliphatic heterocycles. The number of carbonyl (C=O) groups is 1. The highest BCUT2D eigenvalue weighted by atomic mass is 16.4. The van der Waals surface area contributed by atoms with Crippen LogP contribution in [0.15, 0.2) is 16.5 Å². The zero-order chi connectivity index (χ0) is 10.8. The molecule has 1 aliphatic carbocycles. The number of furan rings is 1. The predicted octanol–water partition coefficient (Wildman–Crippen LogP) is 2.47. The molecule has 1 saturated carbocycles. The molecular formula is C12H17NO2. The number of hydrogen-bond acceptors (Lipinski definition) is 2. The quantitative estimate of drug-likeness (QED) is 0.760. The van der Waals surface area contributed by atoms with E-state index in [1.165, 1.54) is 0 Å². The number of aryl methyl sites for hydroxylation is 1. The highest BCUT2D eigenvalue weighted by Crippen LogP contribution is 2.28. The van der Waals surface area contributed by atoms with Crippen LogP contribution in [-0.4, -0.2) is 23.4 Å². The smallest absolute Gasteiger partial charge is 0.289 e. The third kappa shape index (κ3) is 2.06. The SMILES string of the molecule is CCc1ccc(C(=O)N(CC)C2CC2)o1. The molecule has 2 rings (SSSR count). The van der Waals surface area contributed by atoms with Crippen LogP contribution in [0.2, 0.25) is 0 Å². The van der Waals surface area contributed by atoms with Crippen molar-refractivity contribution in [3.05, 3.63) is 23.7 Å². The van der Waals surface area contributed by atoms with Gasteiger partial charge in [-0.05, 0) is 31.9 Å². The van der Waals surface area contributed by atoms with E-state index in [4.69, 9.17) is 4.42 Å². The number of amides is 1. The van der Waals surface area contributed by atoms with Gasteiger partial charge in [0.2, 0.25) is 0 Å². The Morgan fingerprint density at radius 3 is 2.67 bits per heavy atom. The molecule has 0 saturated heterocycles. The Balaban J connectivity index is 2.11. The fourth-order valence-electron chi connectivity index (χ4n) is 1.78. The molecular weight excluding hydrogens is 190 g/mol. The van der Waals surface area contributed by atoms with Gasteiger partial charge in [-0.25, -0.2) is 0 Å². The molecule has 3 heteroatoms. The van der Waals surface area contributed by atoms with E-state index in [0.717, 1.165) is 31.6 Å². The van der Waals surface area contributed by atoms with Crippen molar-refractivity contribution in [2.24, 2.45) is 0 Å². The van der Waals surface area contributed by atoms with Gasteiger partial charge >= 0.3 is 0 Å². The molecule has 0 radical (unpaired) electrons. The van der Waals surface area contributed by atoms with Crippen molar-refractivity contribution in [2.75, 3.05) is 6.54 Å². The molecule has 0 bridgehead atoms. The fourth-order valence-corrected chi connectivity index (χ4v) is 1.78. The number of nitrogens with zero attached hydrogens (tertiary/aromatic N) is 1. The molecule has 1 aromatic heterocycles. The Hall–Kier alpha value is -1.25. The minimum absolute atomic E-state index is 0.0414. The molecule has 15 heavy (non-hydrogen) atoms. The van der Waals surface area contributed by atoms with E-state index in [-0.39, 0.29) is 5.91 Å². The zero-order valence-electron chi connectivity index (χ0n) is 9.32. The maximum atomic E-state index is 12.0. The second kappa shape index (κ2) is 4.09. The van der Waals surface area contributed by atoms with Crippen molar-refractivity contribution in [1.29, 1.82) is 0 Å². The summed E-state index contributed by atoms with van der Waals surface area (Å²) in [6.07, 6.45) is 3.12. The summed E-state index contributed by atoms with van der Waals surface area (Å²) in [7, 11) is 0. The first-order valence-electron chi connectivity index (χ1n) is 5.66. The molecule has 1 amide bonds. The Bertz CT molecular complexity index is 352. The molecule has 82 valence electrons. The molecule has 0 unspecified atom stereocenters. The van der Waals surface area contributed by atoms with Gasteiger partial charge in [0.1, 0.15) is 5.76 Å². The first kappa shape index (κ1) is 10.3. The first-order valence-corrected chi connectivity index (χ1v) is 5.66. The summed E-state index contributed by atoms with van der Waals surface area (Å²) in [5.41, 5.74) is 0. The third-order valence-electron chi connectivity index (χ3n) is 2.81. The lowest BCUT2D eigenvalue weighted by atomic mass is 10.3. The summed E-state index contributed by atoms with van der Waals surface area (Å²) < 4.78 is 5.46. The van der Waals surface area contributed by atoms with Crippen molar-refractivity contribution in [1.82, 2.24) is 4.90 Å². The Morgan fingerprint density at radius 1 is 1.47 bits per heavy atom. The maximum Gasteiger partial charge on any atom is 0.289 e. The van der Waals surface area contributed by atoms with Crippen LogP contribution in [0.1, 0.15) is 43.0 Å². The van der Waals surface area contributed by atoms with Crippen molar-refractivity contribution in [2.45, 2.75) is 39.2 Å². The van der Waals surface area contributed by atoms with E-state index in [1.807, 2.05) is 24.8 Å². The summed E-state index contributed by atoms with van der Waals surface area (Å²) >= 11 is 0. The van der Waals surface area contributed by atoms with Gasteiger partial charge in [0.25, 0.3) is 5.91 Å². The van der Waals surface area contributed by atoms with Crippen LogP contribution in [-0.2, 0) is 6.42 Å². The monoisotopic (exact) mass is 207 g/mol. The summed E-state index contributed by atoms with van der Waals surface area (Å²) in [5, 5.41) is 0. The fraction of sp³-hybridized carbons (Fsp3) is 0.583. The van der Waals surface area contributed by atoms with Crippen LogP contribution in [0.4, 0.5) is 0 Å². The van der Waals surface area contributed by atoms with Crippen molar-refractivity contribution >= 4 is 5.91 Å². The van der Waals surface area contributed by atoms with Crippen LogP contribution < -0.4 is 0 Å². The van der Waals surface area contributed by atoms with Crippen LogP contribution in [0.3, 0.4) is 0 Å². The van der Waals surface area contributed by atoms with E-state index in [2.05, 4.69) is 0 Å². The minimum atomic E-state index is 0.0414. The lowest BCUT2D eigenvalue weighted by Crippen LogP contribution is -2.32. The average molecular weight is 207 g/mol. The molecule has 1 aromatic rings. The second-order valence-corrected chi connectivity index (χ2v) is 3.94. The van der Waals surface area contributed by atoms with Gasteiger partial charge in [0, 0.05) is 19.0 Å². The summed E-state index contributed by atoms with van der Waals surface area (Å²) in [5.74, 6) is 1.41. The lowest BCUT2D eigenvalue weighted by Gasteiger charge is -2.18. The van der Waals surface area contributed by atoms with Crippen LogP contribution in [0, 0.1) is 0 Å². The Labute approximate surface area is 90.1 Å². The van der Waals surface area contributed by atoms with Crippen LogP contribution >= 0.6 is 0 Å². The molecule has 1 aliphatic rings. The Kier molecular flexibility index (Phi) is 2.80. The standard InChI is InChI=1S/C12H17NO2/c1-3-10-7-8-11(15-10)12(14)13(4-2)9-5-6-9/h7-9H,3-6H2,1-2H3. The van der Waals surface area contributed by atoms with Gasteiger partial charge in [-0.3, -0.25) is 4.79 Å². The van der Waals surface area contributed by atoms with Crippen molar-refractivity contribution in [3.63, 3.8) is 0 Å². The normalized spacial score (nSPS) is 15.3. The van der Waals surface area contributed by atoms with Crippen molar-refractivity contribution in [3.8, 4) is 0 Å². The average Bonchev–Trinajstić information content (AvgIpc) is 2.97. The molecule has 1 fully saturated rings. The highest BCUT2D eigenvalue weighted by molar-refractivity contribution is 5.92. The van der Waals surface area contributed by atoms with Crippen LogP contribution in [0.5, 0.6) is 0 Å². The molecule has 0 spiro atoms. The van der Waals surface area contributed by atoms with E-state index in [0.29, 0.717) is 11.8 Å². The summed E-state index contributed by atoms with van der Waals surface area (Å²) in [4.78, 5) is 13.9. The topological polar surface area (TPSA) is 33.5 Å². The van der Waals surface area contributed by atoms with E-state index < -0.39 is 0 Å². The van der Waals surface area contributed by atoms with Crippen molar-refractivity contribution < 1.29 is 9.21 Å². The second-order valence-electron chi connectivity index (χ2n) is 3.94. The van der Waals surface area contributed by atoms with Gasteiger partial charge in [0.05, 0.1) is 0 Å². The first-order chi connectivity index (χ1) is 7.26.